The first-order valence-corrected chi connectivity index (χ1v) is 12.5. The van der Waals surface area contributed by atoms with Gasteiger partial charge in [-0.25, -0.2) is 0 Å². The number of halogens is 5. The lowest BCUT2D eigenvalue weighted by molar-refractivity contribution is -0.137. The number of hydrogen-bond acceptors (Lipinski definition) is 5. The molecule has 3 heterocycles. The summed E-state index contributed by atoms with van der Waals surface area (Å²) in [6, 6.07) is 14.0. The summed E-state index contributed by atoms with van der Waals surface area (Å²) in [4.78, 5) is 21.0. The van der Waals surface area contributed by atoms with Crippen molar-refractivity contribution in [2.24, 2.45) is 4.99 Å². The molecule has 0 atom stereocenters. The summed E-state index contributed by atoms with van der Waals surface area (Å²) in [5.74, 6) is 0.725. The molecule has 1 amide bonds. The number of aliphatic imine (C=N–C) groups is 1. The van der Waals surface area contributed by atoms with Crippen molar-refractivity contribution in [3.05, 3.63) is 80.9 Å². The molecule has 5 nitrogen and oxygen atoms in total. The van der Waals surface area contributed by atoms with Crippen LogP contribution >= 0.6 is 35.0 Å². The predicted octanol–water partition coefficient (Wildman–Crippen LogP) is 7.06. The van der Waals surface area contributed by atoms with Gasteiger partial charge in [-0.15, -0.1) is 0 Å². The van der Waals surface area contributed by atoms with Crippen LogP contribution in [0.3, 0.4) is 0 Å². The van der Waals surface area contributed by atoms with Gasteiger partial charge >= 0.3 is 6.18 Å². The van der Waals surface area contributed by atoms with Crippen LogP contribution in [0.5, 0.6) is 0 Å². The molecule has 0 aliphatic carbocycles. The minimum atomic E-state index is -4.38. The fourth-order valence-electron chi connectivity index (χ4n) is 3.93. The van der Waals surface area contributed by atoms with Gasteiger partial charge in [-0.05, 0) is 60.3 Å². The number of rotatable bonds is 3. The summed E-state index contributed by atoms with van der Waals surface area (Å²) >= 11 is 13.3. The van der Waals surface area contributed by atoms with E-state index in [0.717, 1.165) is 17.7 Å². The number of carbonyl (C=O) groups is 1. The molecule has 0 unspecified atom stereocenters. The first-order valence-electron chi connectivity index (χ1n) is 10.9. The lowest BCUT2D eigenvalue weighted by atomic mass is 10.1. The molecule has 2 aromatic carbocycles. The minimum absolute atomic E-state index is 0.359. The number of carbonyl (C=O) groups excluding carboxylic acids is 1. The van der Waals surface area contributed by atoms with Crippen molar-refractivity contribution in [3.63, 3.8) is 0 Å². The molecule has 1 aromatic heterocycles. The molecule has 2 aliphatic heterocycles. The molecule has 0 spiro atoms. The highest BCUT2D eigenvalue weighted by atomic mass is 35.5. The number of hydrogen-bond donors (Lipinski definition) is 0. The van der Waals surface area contributed by atoms with E-state index in [1.807, 2.05) is 9.80 Å². The first-order chi connectivity index (χ1) is 17.2. The Morgan fingerprint density at radius 3 is 2.42 bits per heavy atom. The topological polar surface area (TPSA) is 49.1 Å². The first kappa shape index (κ1) is 24.8. The summed E-state index contributed by atoms with van der Waals surface area (Å²) in [6.07, 6.45) is -2.74. The van der Waals surface area contributed by atoms with Gasteiger partial charge in [0, 0.05) is 43.5 Å². The van der Waals surface area contributed by atoms with Gasteiger partial charge in [-0.1, -0.05) is 29.3 Å². The molecule has 1 saturated heterocycles. The SMILES string of the molecule is O=C1N=C(N2CCN(c3cccc(C(F)(F)F)c3)CC2)S/C1=C/c1ccc(-c2ccc(Cl)c(Cl)c2)o1. The number of benzene rings is 2. The van der Waals surface area contributed by atoms with E-state index >= 15 is 0 Å². The number of thioether (sulfide) groups is 1. The van der Waals surface area contributed by atoms with Gasteiger partial charge in [-0.2, -0.15) is 18.2 Å². The average molecular weight is 552 g/mol. The maximum absolute atomic E-state index is 13.1. The summed E-state index contributed by atoms with van der Waals surface area (Å²) in [5, 5.41) is 1.44. The molecule has 1 fully saturated rings. The van der Waals surface area contributed by atoms with Gasteiger partial charge in [0.05, 0.1) is 20.5 Å². The monoisotopic (exact) mass is 551 g/mol. The summed E-state index contributed by atoms with van der Waals surface area (Å²) in [7, 11) is 0. The molecule has 11 heteroatoms. The molecular formula is C25H18Cl2F3N3O2S. The second-order valence-corrected chi connectivity index (χ2v) is 9.99. The third-order valence-corrected chi connectivity index (χ3v) is 7.59. The van der Waals surface area contributed by atoms with Crippen LogP contribution < -0.4 is 4.90 Å². The van der Waals surface area contributed by atoms with Crippen molar-refractivity contribution in [2.75, 3.05) is 31.1 Å². The van der Waals surface area contributed by atoms with Crippen molar-refractivity contribution in [1.82, 2.24) is 4.90 Å². The molecule has 3 aromatic rings. The average Bonchev–Trinajstić information content (AvgIpc) is 3.47. The lowest BCUT2D eigenvalue weighted by Crippen LogP contribution is -2.47. The Hall–Kier alpha value is -2.88. The van der Waals surface area contributed by atoms with E-state index in [-0.39, 0.29) is 5.91 Å². The number of nitrogens with zero attached hydrogens (tertiary/aromatic N) is 3. The van der Waals surface area contributed by atoms with Gasteiger partial charge in [-0.3, -0.25) is 4.79 Å². The van der Waals surface area contributed by atoms with Crippen molar-refractivity contribution < 1.29 is 22.4 Å². The highest BCUT2D eigenvalue weighted by Gasteiger charge is 2.32. The second kappa shape index (κ2) is 9.88. The Morgan fingerprint density at radius 2 is 1.69 bits per heavy atom. The number of furan rings is 1. The molecule has 0 saturated carbocycles. The Balaban J connectivity index is 1.23. The fraction of sp³-hybridized carbons (Fsp3) is 0.200. The molecule has 36 heavy (non-hydrogen) atoms. The number of piperazine rings is 1. The van der Waals surface area contributed by atoms with Crippen LogP contribution in [0.2, 0.25) is 10.0 Å². The summed E-state index contributed by atoms with van der Waals surface area (Å²) in [5.41, 5.74) is 0.617. The van der Waals surface area contributed by atoms with Crippen molar-refractivity contribution in [1.29, 1.82) is 0 Å². The van der Waals surface area contributed by atoms with Crippen LogP contribution in [-0.2, 0) is 11.0 Å². The van der Waals surface area contributed by atoms with E-state index < -0.39 is 11.7 Å². The van der Waals surface area contributed by atoms with E-state index in [2.05, 4.69) is 4.99 Å². The molecule has 0 bridgehead atoms. The van der Waals surface area contributed by atoms with Gasteiger partial charge < -0.3 is 14.2 Å². The van der Waals surface area contributed by atoms with Crippen LogP contribution in [0.4, 0.5) is 18.9 Å². The fourth-order valence-corrected chi connectivity index (χ4v) is 5.18. The quantitative estimate of drug-likeness (QED) is 0.326. The van der Waals surface area contributed by atoms with Crippen LogP contribution in [0, 0.1) is 0 Å². The van der Waals surface area contributed by atoms with Crippen LogP contribution in [-0.4, -0.2) is 42.2 Å². The summed E-state index contributed by atoms with van der Waals surface area (Å²) in [6.45, 7) is 2.09. The maximum Gasteiger partial charge on any atom is 0.416 e. The highest BCUT2D eigenvalue weighted by Crippen LogP contribution is 2.35. The molecule has 0 N–H and O–H groups in total. The zero-order valence-electron chi connectivity index (χ0n) is 18.6. The Bertz CT molecular complexity index is 1380. The van der Waals surface area contributed by atoms with E-state index in [1.165, 1.54) is 17.8 Å². The number of amidine groups is 1. The van der Waals surface area contributed by atoms with Gasteiger partial charge in [0.15, 0.2) is 5.17 Å². The number of amides is 1. The number of anilines is 1. The summed E-state index contributed by atoms with van der Waals surface area (Å²) < 4.78 is 45.0. The van der Waals surface area contributed by atoms with Gasteiger partial charge in [0.2, 0.25) is 0 Å². The molecular weight excluding hydrogens is 534 g/mol. The third-order valence-electron chi connectivity index (χ3n) is 5.80. The zero-order chi connectivity index (χ0) is 25.4. The van der Waals surface area contributed by atoms with Gasteiger partial charge in [0.1, 0.15) is 11.5 Å². The highest BCUT2D eigenvalue weighted by molar-refractivity contribution is 8.18. The van der Waals surface area contributed by atoms with E-state index in [0.29, 0.717) is 63.5 Å². The van der Waals surface area contributed by atoms with Gasteiger partial charge in [0.25, 0.3) is 5.91 Å². The van der Waals surface area contributed by atoms with Crippen molar-refractivity contribution in [2.45, 2.75) is 6.18 Å². The predicted molar refractivity (Wildman–Crippen MR) is 137 cm³/mol. The molecule has 2 aliphatic rings. The molecule has 186 valence electrons. The van der Waals surface area contributed by atoms with E-state index in [9.17, 15) is 18.0 Å². The van der Waals surface area contributed by atoms with Crippen LogP contribution in [0.1, 0.15) is 11.3 Å². The third kappa shape index (κ3) is 5.28. The maximum atomic E-state index is 13.1. The van der Waals surface area contributed by atoms with Crippen molar-refractivity contribution >= 4 is 57.8 Å². The van der Waals surface area contributed by atoms with E-state index in [1.54, 1.807) is 42.5 Å². The Morgan fingerprint density at radius 1 is 0.944 bits per heavy atom. The Kier molecular flexibility index (Phi) is 6.80. The Labute approximate surface area is 219 Å². The number of alkyl halides is 3. The van der Waals surface area contributed by atoms with Crippen LogP contribution in [0.25, 0.3) is 17.4 Å². The van der Waals surface area contributed by atoms with E-state index in [4.69, 9.17) is 27.6 Å². The smallest absolute Gasteiger partial charge is 0.416 e. The largest absolute Gasteiger partial charge is 0.457 e. The lowest BCUT2D eigenvalue weighted by Gasteiger charge is -2.36. The van der Waals surface area contributed by atoms with Crippen LogP contribution in [0.15, 0.2) is 68.9 Å². The molecule has 0 radical (unpaired) electrons. The normalized spacial score (nSPS) is 17.8. The minimum Gasteiger partial charge on any atom is -0.457 e. The molecule has 5 rings (SSSR count). The second-order valence-electron chi connectivity index (χ2n) is 8.16. The zero-order valence-corrected chi connectivity index (χ0v) is 20.9. The van der Waals surface area contributed by atoms with Crippen molar-refractivity contribution in [3.8, 4) is 11.3 Å². The standard InChI is InChI=1S/C25H18Cl2F3N3O2S/c26-19-6-4-15(12-20(19)27)21-7-5-18(35-21)14-22-23(34)31-24(36-22)33-10-8-32(9-11-33)17-3-1-2-16(13-17)25(28,29)30/h1-7,12-14H,8-11H2/b22-14+.